The Balaban J connectivity index is 2.39. The fourth-order valence-electron chi connectivity index (χ4n) is 2.23. The van der Waals surface area contributed by atoms with Gasteiger partial charge in [-0.15, -0.1) is 0 Å². The van der Waals surface area contributed by atoms with Crippen molar-refractivity contribution < 1.29 is 22.7 Å². The van der Waals surface area contributed by atoms with Crippen LogP contribution in [0, 0.1) is 0 Å². The fourth-order valence-corrected chi connectivity index (χ4v) is 3.08. The highest BCUT2D eigenvalue weighted by atomic mass is 32.2. The van der Waals surface area contributed by atoms with Crippen LogP contribution in [0.1, 0.15) is 20.7 Å². The van der Waals surface area contributed by atoms with Crippen LogP contribution in [0.15, 0.2) is 47.4 Å². The topological polar surface area (TPSA) is 102 Å². The number of carbonyl (C=O) groups excluding carboxylic acids is 2. The number of benzene rings is 2. The van der Waals surface area contributed by atoms with E-state index in [1.54, 1.807) is 24.3 Å². The van der Waals surface area contributed by atoms with Gasteiger partial charge in [-0.2, -0.15) is 0 Å². The predicted octanol–water partition coefficient (Wildman–Crippen LogP) is 1.71. The molecule has 0 spiro atoms. The smallest absolute Gasteiger partial charge is 0.255 e. The summed E-state index contributed by atoms with van der Waals surface area (Å²) in [5.74, 6) is -0.726. The summed E-state index contributed by atoms with van der Waals surface area (Å²) in [5, 5.41) is 5.12. The van der Waals surface area contributed by atoms with E-state index in [0.717, 1.165) is 6.26 Å². The van der Waals surface area contributed by atoms with Gasteiger partial charge in [-0.05, 0) is 30.3 Å². The van der Waals surface area contributed by atoms with Gasteiger partial charge in [-0.25, -0.2) is 8.42 Å². The molecule has 2 aromatic rings. The SMILES string of the molecule is CNC(=O)c1ccccc1NC(=O)c1ccc(OC)c(S(C)(=O)=O)c1. The van der Waals surface area contributed by atoms with Crippen LogP contribution in [0.2, 0.25) is 0 Å². The van der Waals surface area contributed by atoms with E-state index in [9.17, 15) is 18.0 Å². The third-order valence-corrected chi connectivity index (χ3v) is 4.59. The fraction of sp³-hybridized carbons (Fsp3) is 0.176. The molecule has 2 N–H and O–H groups in total. The first-order valence-corrected chi connectivity index (χ1v) is 9.17. The lowest BCUT2D eigenvalue weighted by atomic mass is 10.1. The van der Waals surface area contributed by atoms with Gasteiger partial charge >= 0.3 is 0 Å². The quantitative estimate of drug-likeness (QED) is 0.843. The first-order chi connectivity index (χ1) is 11.8. The maximum Gasteiger partial charge on any atom is 0.255 e. The summed E-state index contributed by atoms with van der Waals surface area (Å²) in [5.41, 5.74) is 0.756. The van der Waals surface area contributed by atoms with Crippen molar-refractivity contribution in [3.63, 3.8) is 0 Å². The molecule has 25 heavy (non-hydrogen) atoms. The Morgan fingerprint density at radius 3 is 2.32 bits per heavy atom. The zero-order valence-corrected chi connectivity index (χ0v) is 14.8. The second-order valence-electron chi connectivity index (χ2n) is 5.22. The number of para-hydroxylation sites is 1. The molecule has 0 unspecified atom stereocenters. The number of sulfone groups is 1. The molecule has 0 aliphatic carbocycles. The molecular formula is C17H18N2O5S. The minimum atomic E-state index is -3.57. The monoisotopic (exact) mass is 362 g/mol. The van der Waals surface area contributed by atoms with Crippen LogP contribution in [0.5, 0.6) is 5.75 Å². The lowest BCUT2D eigenvalue weighted by Gasteiger charge is -2.12. The molecule has 2 aromatic carbocycles. The van der Waals surface area contributed by atoms with E-state index in [1.165, 1.54) is 32.4 Å². The summed E-state index contributed by atoms with van der Waals surface area (Å²) in [6.45, 7) is 0. The lowest BCUT2D eigenvalue weighted by molar-refractivity contribution is 0.0964. The normalized spacial score (nSPS) is 10.8. The summed E-state index contributed by atoms with van der Waals surface area (Å²) in [6.07, 6.45) is 1.04. The maximum absolute atomic E-state index is 12.5. The number of methoxy groups -OCH3 is 1. The molecule has 8 heteroatoms. The van der Waals surface area contributed by atoms with Crippen molar-refractivity contribution in [3.05, 3.63) is 53.6 Å². The van der Waals surface area contributed by atoms with Crippen LogP contribution < -0.4 is 15.4 Å². The molecule has 0 fully saturated rings. The van der Waals surface area contributed by atoms with Gasteiger partial charge < -0.3 is 15.4 Å². The van der Waals surface area contributed by atoms with Crippen molar-refractivity contribution in [2.24, 2.45) is 0 Å². The zero-order valence-electron chi connectivity index (χ0n) is 14.0. The number of anilines is 1. The van der Waals surface area contributed by atoms with Crippen LogP contribution in [0.4, 0.5) is 5.69 Å². The summed E-state index contributed by atoms with van der Waals surface area (Å²) >= 11 is 0. The van der Waals surface area contributed by atoms with Crippen LogP contribution in [0.3, 0.4) is 0 Å². The largest absolute Gasteiger partial charge is 0.495 e. The van der Waals surface area contributed by atoms with E-state index >= 15 is 0 Å². The number of amides is 2. The Bertz CT molecular complexity index is 922. The molecule has 2 rings (SSSR count). The highest BCUT2D eigenvalue weighted by Crippen LogP contribution is 2.25. The molecule has 0 bridgehead atoms. The van der Waals surface area contributed by atoms with Gasteiger partial charge in [0.15, 0.2) is 9.84 Å². The molecule has 2 amide bonds. The Labute approximate surface area is 145 Å². The second kappa shape index (κ2) is 7.35. The molecule has 0 saturated carbocycles. The third kappa shape index (κ3) is 4.16. The number of nitrogens with one attached hydrogen (secondary N) is 2. The van der Waals surface area contributed by atoms with Gasteiger partial charge in [0, 0.05) is 18.9 Å². The van der Waals surface area contributed by atoms with Crippen molar-refractivity contribution in [2.75, 3.05) is 25.7 Å². The van der Waals surface area contributed by atoms with E-state index in [-0.39, 0.29) is 22.1 Å². The van der Waals surface area contributed by atoms with Crippen LogP contribution in [0.25, 0.3) is 0 Å². The van der Waals surface area contributed by atoms with Crippen molar-refractivity contribution in [2.45, 2.75) is 4.90 Å². The minimum Gasteiger partial charge on any atom is -0.495 e. The van der Waals surface area contributed by atoms with Gasteiger partial charge in [-0.3, -0.25) is 9.59 Å². The van der Waals surface area contributed by atoms with E-state index in [1.807, 2.05) is 0 Å². The maximum atomic E-state index is 12.5. The zero-order chi connectivity index (χ0) is 18.6. The van der Waals surface area contributed by atoms with Crippen molar-refractivity contribution in [3.8, 4) is 5.75 Å². The van der Waals surface area contributed by atoms with E-state index < -0.39 is 15.7 Å². The Morgan fingerprint density at radius 1 is 1.04 bits per heavy atom. The third-order valence-electron chi connectivity index (χ3n) is 3.47. The summed E-state index contributed by atoms with van der Waals surface area (Å²) in [4.78, 5) is 24.3. The number of hydrogen-bond acceptors (Lipinski definition) is 5. The van der Waals surface area contributed by atoms with Gasteiger partial charge in [0.25, 0.3) is 11.8 Å². The van der Waals surface area contributed by atoms with Gasteiger partial charge in [0.2, 0.25) is 0 Å². The Kier molecular flexibility index (Phi) is 5.43. The van der Waals surface area contributed by atoms with E-state index in [0.29, 0.717) is 11.3 Å². The number of hydrogen-bond donors (Lipinski definition) is 2. The van der Waals surface area contributed by atoms with Crippen LogP contribution in [-0.4, -0.2) is 40.6 Å². The van der Waals surface area contributed by atoms with Crippen molar-refractivity contribution >= 4 is 27.3 Å². The summed E-state index contributed by atoms with van der Waals surface area (Å²) in [7, 11) is -0.730. The van der Waals surface area contributed by atoms with Crippen molar-refractivity contribution in [1.29, 1.82) is 0 Å². The number of carbonyl (C=O) groups is 2. The average molecular weight is 362 g/mol. The van der Waals surface area contributed by atoms with E-state index in [2.05, 4.69) is 10.6 Å². The second-order valence-corrected chi connectivity index (χ2v) is 7.20. The predicted molar refractivity (Wildman–Crippen MR) is 93.9 cm³/mol. The first kappa shape index (κ1) is 18.5. The summed E-state index contributed by atoms with van der Waals surface area (Å²) < 4.78 is 28.8. The van der Waals surface area contributed by atoms with Crippen LogP contribution in [-0.2, 0) is 9.84 Å². The molecule has 0 radical (unpaired) electrons. The molecule has 0 atom stereocenters. The highest BCUT2D eigenvalue weighted by Gasteiger charge is 2.18. The lowest BCUT2D eigenvalue weighted by Crippen LogP contribution is -2.21. The molecule has 0 aliphatic heterocycles. The van der Waals surface area contributed by atoms with Gasteiger partial charge in [0.1, 0.15) is 10.6 Å². The van der Waals surface area contributed by atoms with Gasteiger partial charge in [-0.1, -0.05) is 12.1 Å². The first-order valence-electron chi connectivity index (χ1n) is 7.28. The number of rotatable bonds is 5. The van der Waals surface area contributed by atoms with Crippen LogP contribution >= 0.6 is 0 Å². The molecular weight excluding hydrogens is 344 g/mol. The van der Waals surface area contributed by atoms with E-state index in [4.69, 9.17) is 4.74 Å². The summed E-state index contributed by atoms with van der Waals surface area (Å²) in [6, 6.07) is 10.6. The molecule has 7 nitrogen and oxygen atoms in total. The molecule has 132 valence electrons. The molecule has 0 aliphatic rings. The average Bonchev–Trinajstić information content (AvgIpc) is 2.60. The number of ether oxygens (including phenoxy) is 1. The minimum absolute atomic E-state index is 0.0813. The standard InChI is InChI=1S/C17H18N2O5S/c1-18-17(21)12-6-4-5-7-13(12)19-16(20)11-8-9-14(24-2)15(10-11)25(3,22)23/h4-10H,1-3H3,(H,18,21)(H,19,20). The highest BCUT2D eigenvalue weighted by molar-refractivity contribution is 7.90. The molecule has 0 saturated heterocycles. The molecule has 0 aromatic heterocycles. The molecule has 0 heterocycles. The Hall–Kier alpha value is -2.87. The van der Waals surface area contributed by atoms with Crippen molar-refractivity contribution in [1.82, 2.24) is 5.32 Å². The Morgan fingerprint density at radius 2 is 1.72 bits per heavy atom. The van der Waals surface area contributed by atoms with Gasteiger partial charge in [0.05, 0.1) is 18.4 Å².